The second-order valence-corrected chi connectivity index (χ2v) is 19.3. The Balaban J connectivity index is 4.08. The standard InChI is InChI=1S/2C2H5.4CH3.O.2Ti/c2*1-2;;;;;;;/h2*1H2,2H3;4*1H3;;;. The van der Waals surface area contributed by atoms with Gasteiger partial charge in [0.25, 0.3) is 0 Å². The van der Waals surface area contributed by atoms with Crippen molar-refractivity contribution in [3.05, 3.63) is 0 Å². The Bertz CT molecular complexity index is 114. The normalized spacial score (nSPS) is 13.6. The van der Waals surface area contributed by atoms with Crippen LogP contribution in [0.4, 0.5) is 0 Å². The molecular formula is C8H22OTi2. The summed E-state index contributed by atoms with van der Waals surface area (Å²) >= 11 is -3.45. The van der Waals surface area contributed by atoms with E-state index in [4.69, 9.17) is 1.90 Å². The molecule has 0 rings (SSSR count). The Morgan fingerprint density at radius 2 is 1.27 bits per heavy atom. The van der Waals surface area contributed by atoms with Crippen LogP contribution >= 0.6 is 0 Å². The van der Waals surface area contributed by atoms with Crippen molar-refractivity contribution in [1.82, 2.24) is 0 Å². The van der Waals surface area contributed by atoms with Gasteiger partial charge in [-0.05, 0) is 0 Å². The van der Waals surface area contributed by atoms with Gasteiger partial charge in [-0.3, -0.25) is 0 Å². The molecule has 11 heavy (non-hydrogen) atoms. The van der Waals surface area contributed by atoms with Gasteiger partial charge in [0, 0.05) is 0 Å². The average Bonchev–Trinajstić information content (AvgIpc) is 1.84. The molecule has 0 N–H and O–H groups in total. The molecule has 0 unspecified atom stereocenters. The monoisotopic (exact) mass is 230 g/mol. The fourth-order valence-corrected chi connectivity index (χ4v) is 16.1. The summed E-state index contributed by atoms with van der Waals surface area (Å²) < 4.78 is 8.94. The van der Waals surface area contributed by atoms with Crippen molar-refractivity contribution in [3.63, 3.8) is 0 Å². The van der Waals surface area contributed by atoms with Crippen molar-refractivity contribution in [2.24, 2.45) is 0 Å². The number of rotatable bonds is 4. The molecule has 0 aromatic carbocycles. The SMILES string of the molecule is C[CH2][Ti]([CH3])([CH2]C)[O][Ti]([CH3])([CH3])[CH3]. The molecule has 0 fully saturated rings. The van der Waals surface area contributed by atoms with Crippen molar-refractivity contribution < 1.29 is 35.9 Å². The number of hydrogen-bond acceptors (Lipinski definition) is 1. The van der Waals surface area contributed by atoms with E-state index in [1.54, 1.807) is 0 Å². The van der Waals surface area contributed by atoms with Crippen LogP contribution in [0.25, 0.3) is 0 Å². The van der Waals surface area contributed by atoms with E-state index in [-0.39, 0.29) is 0 Å². The van der Waals surface area contributed by atoms with Gasteiger partial charge in [0.1, 0.15) is 0 Å². The average molecular weight is 230 g/mol. The second kappa shape index (κ2) is 4.58. The fraction of sp³-hybridized carbons (Fsp3) is 1.00. The van der Waals surface area contributed by atoms with E-state index in [1.807, 2.05) is 0 Å². The number of hydrogen-bond donors (Lipinski definition) is 0. The summed E-state index contributed by atoms with van der Waals surface area (Å²) in [6.07, 6.45) is 0. The molecule has 68 valence electrons. The quantitative estimate of drug-likeness (QED) is 0.657. The van der Waals surface area contributed by atoms with E-state index in [0.29, 0.717) is 0 Å². The van der Waals surface area contributed by atoms with Crippen LogP contribution in [0.2, 0.25) is 30.4 Å². The van der Waals surface area contributed by atoms with Crippen molar-refractivity contribution in [2.75, 3.05) is 0 Å². The Kier molecular flexibility index (Phi) is 5.15. The molecule has 0 saturated carbocycles. The third-order valence-corrected chi connectivity index (χ3v) is 15.6. The topological polar surface area (TPSA) is 9.23 Å². The minimum atomic E-state index is -1.74. The maximum absolute atomic E-state index is 6.30. The van der Waals surface area contributed by atoms with Crippen LogP contribution in [0, 0.1) is 0 Å². The van der Waals surface area contributed by atoms with Gasteiger partial charge in [-0.25, -0.2) is 0 Å². The zero-order valence-electron chi connectivity index (χ0n) is 8.82. The van der Waals surface area contributed by atoms with E-state index in [0.717, 1.165) is 0 Å². The van der Waals surface area contributed by atoms with Gasteiger partial charge in [-0.1, -0.05) is 0 Å². The molecule has 0 aliphatic rings. The summed E-state index contributed by atoms with van der Waals surface area (Å²) in [4.78, 5) is 0. The first-order valence-corrected chi connectivity index (χ1v) is 14.3. The Labute approximate surface area is 79.6 Å². The summed E-state index contributed by atoms with van der Waals surface area (Å²) in [5.41, 5.74) is 0. The van der Waals surface area contributed by atoms with Gasteiger partial charge in [0.05, 0.1) is 0 Å². The van der Waals surface area contributed by atoms with E-state index < -0.39 is 34.0 Å². The van der Waals surface area contributed by atoms with Gasteiger partial charge < -0.3 is 0 Å². The predicted octanol–water partition coefficient (Wildman–Crippen LogP) is 4.21. The molecule has 0 bridgehead atoms. The first-order chi connectivity index (χ1) is 4.83. The van der Waals surface area contributed by atoms with Gasteiger partial charge in [0.2, 0.25) is 0 Å². The molecule has 0 amide bonds. The van der Waals surface area contributed by atoms with Crippen LogP contribution in [0.15, 0.2) is 0 Å². The fourth-order valence-electron chi connectivity index (χ4n) is 1.13. The minimum absolute atomic E-state index is 1.32. The zero-order chi connectivity index (χ0) is 9.12. The molecular weight excluding hydrogens is 208 g/mol. The zero-order valence-corrected chi connectivity index (χ0v) is 11.9. The Morgan fingerprint density at radius 3 is 1.36 bits per heavy atom. The molecule has 0 aliphatic carbocycles. The van der Waals surface area contributed by atoms with Crippen LogP contribution in [0.3, 0.4) is 0 Å². The molecule has 1 nitrogen and oxygen atoms in total. The van der Waals surface area contributed by atoms with Crippen LogP contribution in [-0.2, 0) is 35.9 Å². The maximum atomic E-state index is 6.30. The molecule has 0 aromatic heterocycles. The van der Waals surface area contributed by atoms with Crippen molar-refractivity contribution >= 4 is 0 Å². The second-order valence-electron chi connectivity index (χ2n) is 4.37. The Hall–Kier alpha value is 1.39. The third-order valence-electron chi connectivity index (χ3n) is 2.05. The van der Waals surface area contributed by atoms with Gasteiger partial charge in [0.15, 0.2) is 0 Å². The summed E-state index contributed by atoms with van der Waals surface area (Å²) in [5, 5.41) is 9.44. The molecule has 0 saturated heterocycles. The van der Waals surface area contributed by atoms with Gasteiger partial charge >= 0.3 is 80.1 Å². The summed E-state index contributed by atoms with van der Waals surface area (Å²) in [6.45, 7) is 4.58. The van der Waals surface area contributed by atoms with Crippen molar-refractivity contribution in [1.29, 1.82) is 0 Å². The van der Waals surface area contributed by atoms with Crippen LogP contribution in [-0.4, -0.2) is 0 Å². The summed E-state index contributed by atoms with van der Waals surface area (Å²) in [6, 6.07) is 0. The summed E-state index contributed by atoms with van der Waals surface area (Å²) in [7, 11) is 0. The molecule has 0 aliphatic heterocycles. The Morgan fingerprint density at radius 1 is 0.909 bits per heavy atom. The van der Waals surface area contributed by atoms with E-state index >= 15 is 0 Å². The molecule has 3 heteroatoms. The van der Waals surface area contributed by atoms with E-state index in [1.165, 1.54) is 9.45 Å². The van der Waals surface area contributed by atoms with Crippen molar-refractivity contribution in [2.45, 2.75) is 44.2 Å². The molecule has 0 aromatic rings. The van der Waals surface area contributed by atoms with E-state index in [9.17, 15) is 0 Å². The van der Waals surface area contributed by atoms with Crippen LogP contribution < -0.4 is 0 Å². The van der Waals surface area contributed by atoms with E-state index in [2.05, 4.69) is 34.8 Å². The van der Waals surface area contributed by atoms with Crippen LogP contribution in [0.1, 0.15) is 13.8 Å². The van der Waals surface area contributed by atoms with Gasteiger partial charge in [-0.15, -0.1) is 0 Å². The summed E-state index contributed by atoms with van der Waals surface area (Å²) in [5.74, 6) is 0. The third kappa shape index (κ3) is 5.60. The molecule has 0 heterocycles. The first kappa shape index (κ1) is 12.4. The molecule has 0 radical (unpaired) electrons. The first-order valence-electron chi connectivity index (χ1n) is 4.53. The molecule has 0 spiro atoms. The van der Waals surface area contributed by atoms with Crippen LogP contribution in [0.5, 0.6) is 0 Å². The molecule has 0 atom stereocenters. The van der Waals surface area contributed by atoms with Gasteiger partial charge in [-0.2, -0.15) is 0 Å². The van der Waals surface area contributed by atoms with Crippen molar-refractivity contribution in [3.8, 4) is 0 Å². The predicted molar refractivity (Wildman–Crippen MR) is 45.5 cm³/mol.